The maximum atomic E-state index is 14.1. The Balaban J connectivity index is 1.66. The minimum absolute atomic E-state index is 0.0688. The fourth-order valence-corrected chi connectivity index (χ4v) is 4.59. The van der Waals surface area contributed by atoms with E-state index in [9.17, 15) is 13.2 Å². The van der Waals surface area contributed by atoms with E-state index in [1.54, 1.807) is 18.2 Å². The second-order valence-corrected chi connectivity index (χ2v) is 10.4. The van der Waals surface area contributed by atoms with Crippen LogP contribution >= 0.6 is 15.9 Å². The molecule has 218 valence electrons. The molecule has 39 heavy (non-hydrogen) atoms. The second kappa shape index (κ2) is 16.2. The maximum absolute atomic E-state index is 14.1. The Labute approximate surface area is 237 Å². The van der Waals surface area contributed by atoms with Gasteiger partial charge >= 0.3 is 6.18 Å². The zero-order valence-electron chi connectivity index (χ0n) is 22.4. The summed E-state index contributed by atoms with van der Waals surface area (Å²) in [5.74, 6) is 2.09. The third-order valence-electron chi connectivity index (χ3n) is 6.44. The number of hydrogen-bond acceptors (Lipinski definition) is 6. The largest absolute Gasteiger partial charge is 0.487 e. The number of fused-ring (bicyclic) bond motifs is 2. The van der Waals surface area contributed by atoms with E-state index < -0.39 is 11.6 Å². The van der Waals surface area contributed by atoms with E-state index in [0.29, 0.717) is 68.0 Å². The molecule has 0 bridgehead atoms. The number of rotatable bonds is 7. The summed E-state index contributed by atoms with van der Waals surface area (Å²) >= 11 is 3.34. The molecule has 0 aromatic heterocycles. The lowest BCUT2D eigenvalue weighted by Gasteiger charge is -2.32. The quantitative estimate of drug-likeness (QED) is 0.246. The van der Waals surface area contributed by atoms with Gasteiger partial charge in [-0.05, 0) is 49.1 Å². The summed E-state index contributed by atoms with van der Waals surface area (Å²) in [6.07, 6.45) is -2.26. The molecule has 0 spiro atoms. The number of hydrogen-bond donors (Lipinski definition) is 0. The molecule has 2 aromatic carbocycles. The molecule has 0 saturated carbocycles. The lowest BCUT2D eigenvalue weighted by Crippen LogP contribution is -2.37. The van der Waals surface area contributed by atoms with E-state index >= 15 is 0 Å². The van der Waals surface area contributed by atoms with Gasteiger partial charge in [0.2, 0.25) is 0 Å². The lowest BCUT2D eigenvalue weighted by molar-refractivity contribution is -0.220. The van der Waals surface area contributed by atoms with Crippen LogP contribution in [-0.2, 0) is 15.9 Å². The highest BCUT2D eigenvalue weighted by Crippen LogP contribution is 2.45. The van der Waals surface area contributed by atoms with Crippen molar-refractivity contribution in [2.45, 2.75) is 45.2 Å². The minimum atomic E-state index is -4.32. The summed E-state index contributed by atoms with van der Waals surface area (Å²) in [5.41, 5.74) is -1.29. The summed E-state index contributed by atoms with van der Waals surface area (Å²) < 4.78 is 76.8. The lowest BCUT2D eigenvalue weighted by atomic mass is 9.78. The Morgan fingerprint density at radius 3 is 1.69 bits per heavy atom. The van der Waals surface area contributed by atoms with Gasteiger partial charge < -0.3 is 28.4 Å². The van der Waals surface area contributed by atoms with Gasteiger partial charge in [0.1, 0.15) is 26.4 Å². The van der Waals surface area contributed by atoms with Gasteiger partial charge in [0.25, 0.3) is 0 Å². The summed E-state index contributed by atoms with van der Waals surface area (Å²) in [5, 5.41) is 0.793. The molecule has 0 amide bonds. The van der Waals surface area contributed by atoms with Crippen LogP contribution in [0.25, 0.3) is 0 Å². The van der Waals surface area contributed by atoms with Gasteiger partial charge in [0.15, 0.2) is 23.0 Å². The molecule has 3 rings (SSSR count). The Morgan fingerprint density at radius 1 is 0.667 bits per heavy atom. The topological polar surface area (TPSA) is 55.4 Å². The van der Waals surface area contributed by atoms with Crippen molar-refractivity contribution in [3.05, 3.63) is 48.0 Å². The average molecular weight is 620 g/mol. The molecule has 0 fully saturated rings. The van der Waals surface area contributed by atoms with Crippen LogP contribution in [0.5, 0.6) is 23.0 Å². The molecule has 0 aliphatic carbocycles. The first kappa shape index (κ1) is 31.4. The van der Waals surface area contributed by atoms with Crippen LogP contribution in [0.3, 0.4) is 0 Å². The van der Waals surface area contributed by atoms with Crippen molar-refractivity contribution in [1.29, 1.82) is 0 Å². The van der Waals surface area contributed by atoms with Crippen LogP contribution in [0.15, 0.2) is 42.5 Å². The van der Waals surface area contributed by atoms with Crippen LogP contribution in [0.1, 0.15) is 38.2 Å². The first-order chi connectivity index (χ1) is 18.8. The molecule has 10 heteroatoms. The summed E-state index contributed by atoms with van der Waals surface area (Å²) in [7, 11) is 0. The molecule has 1 unspecified atom stereocenters. The van der Waals surface area contributed by atoms with E-state index in [0.717, 1.165) is 18.2 Å². The van der Waals surface area contributed by atoms with Crippen molar-refractivity contribution in [2.24, 2.45) is 5.41 Å². The Hall–Kier alpha value is -2.17. The van der Waals surface area contributed by atoms with E-state index in [2.05, 4.69) is 15.9 Å². The third kappa shape index (κ3) is 10.4. The van der Waals surface area contributed by atoms with Gasteiger partial charge in [-0.1, -0.05) is 53.9 Å². The smallest absolute Gasteiger partial charge is 0.394 e. The van der Waals surface area contributed by atoms with Gasteiger partial charge in [0, 0.05) is 5.33 Å². The van der Waals surface area contributed by atoms with Crippen LogP contribution in [0.4, 0.5) is 13.2 Å². The number of unbranched alkanes of at least 4 members (excludes halogenated alkanes) is 2. The molecule has 1 aliphatic rings. The highest BCUT2D eigenvalue weighted by molar-refractivity contribution is 9.09. The normalized spacial score (nSPS) is 17.5. The molecule has 0 N–H and O–H groups in total. The Morgan fingerprint density at radius 2 is 1.18 bits per heavy atom. The van der Waals surface area contributed by atoms with Crippen LogP contribution in [0, 0.1) is 5.41 Å². The first-order valence-corrected chi connectivity index (χ1v) is 14.5. The zero-order valence-corrected chi connectivity index (χ0v) is 24.0. The predicted octanol–water partition coefficient (Wildman–Crippen LogP) is 7.02. The van der Waals surface area contributed by atoms with E-state index in [1.807, 2.05) is 24.3 Å². The summed E-state index contributed by atoms with van der Waals surface area (Å²) in [4.78, 5) is 0. The molecule has 0 radical (unpaired) electrons. The highest BCUT2D eigenvalue weighted by atomic mass is 79.9. The van der Waals surface area contributed by atoms with Crippen molar-refractivity contribution in [2.75, 3.05) is 58.2 Å². The van der Waals surface area contributed by atoms with Gasteiger partial charge in [-0.15, -0.1) is 0 Å². The Kier molecular flexibility index (Phi) is 13.0. The predicted molar refractivity (Wildman–Crippen MR) is 147 cm³/mol. The second-order valence-electron chi connectivity index (χ2n) is 9.58. The van der Waals surface area contributed by atoms with Crippen LogP contribution < -0.4 is 18.9 Å². The first-order valence-electron chi connectivity index (χ1n) is 13.3. The molecule has 1 atom stereocenters. The fraction of sp³-hybridized carbons (Fsp3) is 0.586. The van der Waals surface area contributed by atoms with E-state index in [-0.39, 0.29) is 32.7 Å². The Bertz CT molecular complexity index is 990. The van der Waals surface area contributed by atoms with E-state index in [4.69, 9.17) is 28.4 Å². The summed E-state index contributed by atoms with van der Waals surface area (Å²) in [6, 6.07) is 12.4. The summed E-state index contributed by atoms with van der Waals surface area (Å²) in [6.45, 7) is 3.71. The molecule has 2 aromatic rings. The van der Waals surface area contributed by atoms with Crippen LogP contribution in [-0.4, -0.2) is 64.4 Å². The molecular weight excluding hydrogens is 581 g/mol. The standard InChI is InChI=1S/C29H38BrF3O6/c1-28(29(31,32)33,11-5-2-6-12-30)22-23-9-10-26-27(21-23)39-20-16-35-14-18-37-25-8-4-3-7-24(25)36-17-13-34-15-19-38-26/h3-4,7-10,21H,2,5-6,11-20,22H2,1H3. The average Bonchev–Trinajstić information content (AvgIpc) is 2.90. The molecule has 0 saturated heterocycles. The van der Waals surface area contributed by atoms with Crippen LogP contribution in [0.2, 0.25) is 0 Å². The maximum Gasteiger partial charge on any atom is 0.394 e. The molecule has 1 heterocycles. The van der Waals surface area contributed by atoms with Gasteiger partial charge in [-0.25, -0.2) is 0 Å². The van der Waals surface area contributed by atoms with Crippen molar-refractivity contribution in [3.63, 3.8) is 0 Å². The molecule has 6 nitrogen and oxygen atoms in total. The third-order valence-corrected chi connectivity index (χ3v) is 7.00. The van der Waals surface area contributed by atoms with Crippen molar-refractivity contribution >= 4 is 15.9 Å². The van der Waals surface area contributed by atoms with Crippen molar-refractivity contribution < 1.29 is 41.6 Å². The SMILES string of the molecule is CC(CCCCCBr)(Cc1ccc2c(c1)OCCOCCOc1ccccc1OCCOCCO2)C(F)(F)F. The number of alkyl halides is 4. The molecule has 1 aliphatic heterocycles. The van der Waals surface area contributed by atoms with Crippen molar-refractivity contribution in [1.82, 2.24) is 0 Å². The number of benzene rings is 2. The van der Waals surface area contributed by atoms with E-state index in [1.165, 1.54) is 6.92 Å². The van der Waals surface area contributed by atoms with Gasteiger partial charge in [-0.2, -0.15) is 13.2 Å². The minimum Gasteiger partial charge on any atom is -0.487 e. The number of para-hydroxylation sites is 2. The fourth-order valence-electron chi connectivity index (χ4n) is 4.20. The monoisotopic (exact) mass is 618 g/mol. The zero-order chi connectivity index (χ0) is 28.0. The van der Waals surface area contributed by atoms with Gasteiger partial charge in [0.05, 0.1) is 31.8 Å². The number of halogens is 4. The highest BCUT2D eigenvalue weighted by Gasteiger charge is 2.50. The molecular formula is C29H38BrF3O6. The van der Waals surface area contributed by atoms with Gasteiger partial charge in [-0.3, -0.25) is 0 Å². The van der Waals surface area contributed by atoms with Crippen molar-refractivity contribution in [3.8, 4) is 23.0 Å². The number of ether oxygens (including phenoxy) is 6.